The highest BCUT2D eigenvalue weighted by Crippen LogP contribution is 2.31. The average molecular weight is 393 g/mol. The third kappa shape index (κ3) is 5.13. The number of benzene rings is 1. The van der Waals surface area contributed by atoms with E-state index >= 15 is 0 Å². The van der Waals surface area contributed by atoms with Crippen molar-refractivity contribution in [1.29, 1.82) is 0 Å². The number of hydrogen-bond donors (Lipinski definition) is 1. The molecule has 2 aromatic rings. The van der Waals surface area contributed by atoms with Crippen molar-refractivity contribution in [2.45, 2.75) is 44.4 Å². The Morgan fingerprint density at radius 1 is 1.37 bits per heavy atom. The smallest absolute Gasteiger partial charge is 0.321 e. The molecule has 27 heavy (non-hydrogen) atoms. The SMILES string of the molecule is COc1ccc(Cl)cc1NC(=O)N(C)CCc1noc(C2CCCCC2)n1. The van der Waals surface area contributed by atoms with E-state index in [1.54, 1.807) is 37.3 Å². The summed E-state index contributed by atoms with van der Waals surface area (Å²) in [4.78, 5) is 18.5. The Morgan fingerprint density at radius 2 is 2.15 bits per heavy atom. The standard InChI is InChI=1S/C19H25ClN4O3/c1-24(19(25)21-15-12-14(20)8-9-16(15)26-2)11-10-17-22-18(27-23-17)13-6-4-3-5-7-13/h8-9,12-13H,3-7,10-11H2,1-2H3,(H,21,25). The third-order valence-electron chi connectivity index (χ3n) is 4.86. The van der Waals surface area contributed by atoms with Crippen LogP contribution in [0.15, 0.2) is 22.7 Å². The lowest BCUT2D eigenvalue weighted by Gasteiger charge is -2.18. The second-order valence-electron chi connectivity index (χ2n) is 6.83. The van der Waals surface area contributed by atoms with E-state index in [1.807, 2.05) is 0 Å². The number of urea groups is 1. The third-order valence-corrected chi connectivity index (χ3v) is 5.09. The lowest BCUT2D eigenvalue weighted by atomic mass is 9.89. The molecule has 0 atom stereocenters. The van der Waals surface area contributed by atoms with Gasteiger partial charge < -0.3 is 19.5 Å². The molecule has 1 aliphatic rings. The molecule has 1 N–H and O–H groups in total. The Balaban J connectivity index is 1.53. The molecule has 1 fully saturated rings. The number of nitrogens with one attached hydrogen (secondary N) is 1. The number of ether oxygens (including phenoxy) is 1. The van der Waals surface area contributed by atoms with Gasteiger partial charge in [0.1, 0.15) is 5.75 Å². The van der Waals surface area contributed by atoms with E-state index in [0.29, 0.717) is 41.2 Å². The fraction of sp³-hybridized carbons (Fsp3) is 0.526. The summed E-state index contributed by atoms with van der Waals surface area (Å²) in [6.45, 7) is 0.471. The van der Waals surface area contributed by atoms with E-state index in [2.05, 4.69) is 15.5 Å². The zero-order valence-corrected chi connectivity index (χ0v) is 16.5. The van der Waals surface area contributed by atoms with Crippen LogP contribution in [0.25, 0.3) is 0 Å². The number of amides is 2. The zero-order chi connectivity index (χ0) is 19.2. The number of halogens is 1. The Kier molecular flexibility index (Phi) is 6.55. The van der Waals surface area contributed by atoms with Gasteiger partial charge in [-0.25, -0.2) is 4.79 Å². The van der Waals surface area contributed by atoms with E-state index in [4.69, 9.17) is 20.9 Å². The Hall–Kier alpha value is -2.28. The molecule has 2 amide bonds. The van der Waals surface area contributed by atoms with Crippen LogP contribution in [0.5, 0.6) is 5.75 Å². The molecule has 0 spiro atoms. The number of carbonyl (C=O) groups is 1. The molecule has 0 unspecified atom stereocenters. The van der Waals surface area contributed by atoms with Crippen molar-refractivity contribution in [2.75, 3.05) is 26.0 Å². The summed E-state index contributed by atoms with van der Waals surface area (Å²) in [5, 5.41) is 7.40. The van der Waals surface area contributed by atoms with Crippen LogP contribution in [0.3, 0.4) is 0 Å². The summed E-state index contributed by atoms with van der Waals surface area (Å²) in [7, 11) is 3.26. The molecule has 0 radical (unpaired) electrons. The van der Waals surface area contributed by atoms with Crippen LogP contribution >= 0.6 is 11.6 Å². The summed E-state index contributed by atoms with van der Waals surface area (Å²) in [6, 6.07) is 4.82. The number of aromatic nitrogens is 2. The van der Waals surface area contributed by atoms with Crippen molar-refractivity contribution in [3.63, 3.8) is 0 Å². The number of anilines is 1. The first-order valence-electron chi connectivity index (χ1n) is 9.25. The fourth-order valence-corrected chi connectivity index (χ4v) is 3.41. The molecule has 1 saturated carbocycles. The maximum absolute atomic E-state index is 12.4. The van der Waals surface area contributed by atoms with Crippen molar-refractivity contribution in [1.82, 2.24) is 15.0 Å². The number of likely N-dealkylation sites (N-methyl/N-ethyl adjacent to an activating group) is 1. The van der Waals surface area contributed by atoms with Crippen LogP contribution in [0.4, 0.5) is 10.5 Å². The maximum atomic E-state index is 12.4. The number of carbonyl (C=O) groups excluding carboxylic acids is 1. The molecular formula is C19H25ClN4O3. The van der Waals surface area contributed by atoms with E-state index in [-0.39, 0.29) is 6.03 Å². The Morgan fingerprint density at radius 3 is 2.89 bits per heavy atom. The van der Waals surface area contributed by atoms with Crippen molar-refractivity contribution in [3.05, 3.63) is 34.9 Å². The largest absolute Gasteiger partial charge is 0.495 e. The lowest BCUT2D eigenvalue weighted by Crippen LogP contribution is -2.33. The Labute approximate surface area is 164 Å². The molecule has 8 heteroatoms. The first-order valence-corrected chi connectivity index (χ1v) is 9.62. The summed E-state index contributed by atoms with van der Waals surface area (Å²) >= 11 is 6.00. The lowest BCUT2D eigenvalue weighted by molar-refractivity contribution is 0.222. The summed E-state index contributed by atoms with van der Waals surface area (Å²) in [6.07, 6.45) is 6.50. The minimum Gasteiger partial charge on any atom is -0.495 e. The summed E-state index contributed by atoms with van der Waals surface area (Å²) in [5.41, 5.74) is 0.529. The van der Waals surface area contributed by atoms with Crippen LogP contribution in [0.2, 0.25) is 5.02 Å². The van der Waals surface area contributed by atoms with E-state index in [0.717, 1.165) is 18.7 Å². The van der Waals surface area contributed by atoms with Crippen molar-refractivity contribution >= 4 is 23.3 Å². The quantitative estimate of drug-likeness (QED) is 0.783. The molecule has 1 aliphatic carbocycles. The second-order valence-corrected chi connectivity index (χ2v) is 7.27. The molecule has 146 valence electrons. The molecule has 7 nitrogen and oxygen atoms in total. The highest BCUT2D eigenvalue weighted by atomic mass is 35.5. The molecule has 3 rings (SSSR count). The monoisotopic (exact) mass is 392 g/mol. The van der Waals surface area contributed by atoms with Gasteiger partial charge in [0.25, 0.3) is 0 Å². The van der Waals surface area contributed by atoms with Gasteiger partial charge in [-0.05, 0) is 31.0 Å². The first kappa shape index (κ1) is 19.5. The van der Waals surface area contributed by atoms with Gasteiger partial charge in [0.05, 0.1) is 12.8 Å². The summed E-state index contributed by atoms with van der Waals surface area (Å²) in [5.74, 6) is 2.31. The van der Waals surface area contributed by atoms with Gasteiger partial charge in [-0.1, -0.05) is 36.0 Å². The molecule has 1 aromatic carbocycles. The zero-order valence-electron chi connectivity index (χ0n) is 15.7. The molecule has 0 bridgehead atoms. The van der Waals surface area contributed by atoms with Crippen molar-refractivity contribution in [3.8, 4) is 5.75 Å². The van der Waals surface area contributed by atoms with E-state index in [9.17, 15) is 4.79 Å². The van der Waals surface area contributed by atoms with Gasteiger partial charge in [-0.3, -0.25) is 0 Å². The van der Waals surface area contributed by atoms with Crippen LogP contribution in [0, 0.1) is 0 Å². The van der Waals surface area contributed by atoms with Gasteiger partial charge >= 0.3 is 6.03 Å². The minimum atomic E-state index is -0.258. The number of hydrogen-bond acceptors (Lipinski definition) is 5. The van der Waals surface area contributed by atoms with Crippen LogP contribution in [-0.4, -0.2) is 41.8 Å². The van der Waals surface area contributed by atoms with E-state index in [1.165, 1.54) is 19.3 Å². The van der Waals surface area contributed by atoms with Gasteiger partial charge in [-0.15, -0.1) is 0 Å². The predicted octanol–water partition coefficient (Wildman–Crippen LogP) is 4.49. The first-order chi connectivity index (χ1) is 13.1. The van der Waals surface area contributed by atoms with Gasteiger partial charge in [0.15, 0.2) is 5.82 Å². The highest BCUT2D eigenvalue weighted by molar-refractivity contribution is 6.31. The molecule has 0 saturated heterocycles. The molecule has 0 aliphatic heterocycles. The van der Waals surface area contributed by atoms with Gasteiger partial charge in [-0.2, -0.15) is 4.98 Å². The van der Waals surface area contributed by atoms with Crippen LogP contribution < -0.4 is 10.1 Å². The maximum Gasteiger partial charge on any atom is 0.321 e. The average Bonchev–Trinajstić information content (AvgIpc) is 3.16. The normalized spacial score (nSPS) is 14.8. The van der Waals surface area contributed by atoms with Gasteiger partial charge in [0.2, 0.25) is 5.89 Å². The Bertz CT molecular complexity index is 774. The molecule has 1 aromatic heterocycles. The topological polar surface area (TPSA) is 80.5 Å². The molecular weight excluding hydrogens is 368 g/mol. The number of methoxy groups -OCH3 is 1. The van der Waals surface area contributed by atoms with Crippen molar-refractivity contribution in [2.24, 2.45) is 0 Å². The van der Waals surface area contributed by atoms with Crippen molar-refractivity contribution < 1.29 is 14.1 Å². The number of nitrogens with zero attached hydrogens (tertiary/aromatic N) is 3. The minimum absolute atomic E-state index is 0.258. The second kappa shape index (κ2) is 9.08. The number of rotatable bonds is 6. The van der Waals surface area contributed by atoms with Crippen LogP contribution in [0.1, 0.15) is 49.7 Å². The van der Waals surface area contributed by atoms with E-state index < -0.39 is 0 Å². The van der Waals surface area contributed by atoms with Gasteiger partial charge in [0, 0.05) is 31.0 Å². The molecule has 1 heterocycles. The highest BCUT2D eigenvalue weighted by Gasteiger charge is 2.21. The summed E-state index contributed by atoms with van der Waals surface area (Å²) < 4.78 is 10.7. The predicted molar refractivity (Wildman–Crippen MR) is 103 cm³/mol. The fourth-order valence-electron chi connectivity index (χ4n) is 3.24. The van der Waals surface area contributed by atoms with Crippen LogP contribution in [-0.2, 0) is 6.42 Å².